The summed E-state index contributed by atoms with van der Waals surface area (Å²) in [6.45, 7) is 3.43. The quantitative estimate of drug-likeness (QED) is 0.676. The van der Waals surface area contributed by atoms with E-state index in [-0.39, 0.29) is 11.3 Å². The molecule has 0 aromatic carbocycles. The Balaban J connectivity index is 2.45. The Labute approximate surface area is 90.4 Å². The van der Waals surface area contributed by atoms with Crippen LogP contribution in [0.15, 0.2) is 0 Å². The maximum absolute atomic E-state index is 11.7. The number of nitrogens with zero attached hydrogens (tertiary/aromatic N) is 1. The Morgan fingerprint density at radius 1 is 1.57 bits per heavy atom. The molecular weight excluding hydrogens is 202 g/mol. The molecule has 0 spiro atoms. The fraction of sp³-hybridized carbons (Fsp3) is 0.900. The van der Waals surface area contributed by atoms with Crippen molar-refractivity contribution < 1.29 is 9.53 Å². The number of ether oxygens (including phenoxy) is 1. The van der Waals surface area contributed by atoms with E-state index in [4.69, 9.17) is 16.3 Å². The fourth-order valence-corrected chi connectivity index (χ4v) is 1.80. The molecule has 0 radical (unpaired) electrons. The van der Waals surface area contributed by atoms with Crippen molar-refractivity contribution in [2.24, 2.45) is 0 Å². The number of hydrogen-bond acceptors (Lipinski definition) is 2. The van der Waals surface area contributed by atoms with Crippen LogP contribution in [0.1, 0.15) is 26.2 Å². The van der Waals surface area contributed by atoms with Gasteiger partial charge in [0.15, 0.2) is 0 Å². The summed E-state index contributed by atoms with van der Waals surface area (Å²) in [6.07, 6.45) is 2.54. The lowest BCUT2D eigenvalue weighted by Gasteiger charge is -2.32. The van der Waals surface area contributed by atoms with Gasteiger partial charge in [-0.25, -0.2) is 0 Å². The number of halogens is 1. The summed E-state index contributed by atoms with van der Waals surface area (Å²) in [5.41, 5.74) is 0. The van der Waals surface area contributed by atoms with Gasteiger partial charge in [0, 0.05) is 26.3 Å². The van der Waals surface area contributed by atoms with E-state index in [0.717, 1.165) is 26.1 Å². The number of carbonyl (C=O) groups is 1. The van der Waals surface area contributed by atoms with Crippen LogP contribution < -0.4 is 0 Å². The van der Waals surface area contributed by atoms with Gasteiger partial charge in [-0.15, -0.1) is 11.6 Å². The van der Waals surface area contributed by atoms with Gasteiger partial charge in [-0.05, 0) is 19.3 Å². The number of alkyl halides is 1. The van der Waals surface area contributed by atoms with Crippen LogP contribution in [0.3, 0.4) is 0 Å². The predicted molar refractivity (Wildman–Crippen MR) is 56.5 cm³/mol. The molecule has 1 heterocycles. The molecular formula is C10H18ClNO2. The first kappa shape index (κ1) is 11.8. The Hall–Kier alpha value is -0.280. The third kappa shape index (κ3) is 2.85. The topological polar surface area (TPSA) is 29.5 Å². The predicted octanol–water partition coefficient (Wildman–Crippen LogP) is 1.64. The standard InChI is InChI=1S/C10H18ClNO2/c1-3-9(11)10(13)12(2)8-4-6-14-7-5-8/h8-9H,3-7H2,1-2H3/t9-/m1/s1. The molecule has 1 rings (SSSR count). The lowest BCUT2D eigenvalue weighted by Crippen LogP contribution is -2.43. The summed E-state index contributed by atoms with van der Waals surface area (Å²) in [5, 5.41) is -0.372. The third-order valence-corrected chi connectivity index (χ3v) is 3.21. The van der Waals surface area contributed by atoms with E-state index in [1.54, 1.807) is 4.90 Å². The molecule has 1 atom stereocenters. The number of amides is 1. The second-order valence-corrected chi connectivity index (χ2v) is 4.20. The molecule has 0 saturated carbocycles. The SMILES string of the molecule is CC[C@@H](Cl)C(=O)N(C)C1CCOCC1. The molecule has 0 aromatic heterocycles. The molecule has 3 nitrogen and oxygen atoms in total. The highest BCUT2D eigenvalue weighted by Gasteiger charge is 2.25. The van der Waals surface area contributed by atoms with Crippen LogP contribution in [0.25, 0.3) is 0 Å². The Morgan fingerprint density at radius 2 is 2.14 bits per heavy atom. The van der Waals surface area contributed by atoms with Gasteiger partial charge in [-0.2, -0.15) is 0 Å². The molecule has 0 aliphatic carbocycles. The molecule has 4 heteroatoms. The average molecular weight is 220 g/mol. The largest absolute Gasteiger partial charge is 0.381 e. The first-order chi connectivity index (χ1) is 6.66. The molecule has 1 aliphatic rings. The summed E-state index contributed by atoms with van der Waals surface area (Å²) in [6, 6.07) is 0.309. The maximum Gasteiger partial charge on any atom is 0.240 e. The Bertz CT molecular complexity index is 193. The van der Waals surface area contributed by atoms with E-state index >= 15 is 0 Å². The van der Waals surface area contributed by atoms with Gasteiger partial charge < -0.3 is 9.64 Å². The summed E-state index contributed by atoms with van der Waals surface area (Å²) >= 11 is 5.91. The number of rotatable bonds is 3. The zero-order valence-electron chi connectivity index (χ0n) is 8.83. The molecule has 0 aromatic rings. The van der Waals surface area contributed by atoms with E-state index in [0.29, 0.717) is 12.5 Å². The molecule has 82 valence electrons. The van der Waals surface area contributed by atoms with E-state index in [1.807, 2.05) is 14.0 Å². The van der Waals surface area contributed by atoms with Crippen LogP contribution in [0.4, 0.5) is 0 Å². The van der Waals surface area contributed by atoms with E-state index in [1.165, 1.54) is 0 Å². The van der Waals surface area contributed by atoms with Gasteiger partial charge >= 0.3 is 0 Å². The monoisotopic (exact) mass is 219 g/mol. The summed E-state index contributed by atoms with van der Waals surface area (Å²) in [7, 11) is 1.84. The summed E-state index contributed by atoms with van der Waals surface area (Å²) in [5.74, 6) is 0.0427. The van der Waals surface area contributed by atoms with Crippen LogP contribution in [0, 0.1) is 0 Å². The molecule has 1 aliphatic heterocycles. The maximum atomic E-state index is 11.7. The fourth-order valence-electron chi connectivity index (χ4n) is 1.65. The van der Waals surface area contributed by atoms with Crippen molar-refractivity contribution in [1.82, 2.24) is 4.90 Å². The molecule has 0 unspecified atom stereocenters. The van der Waals surface area contributed by atoms with Crippen molar-refractivity contribution in [3.63, 3.8) is 0 Å². The molecule has 14 heavy (non-hydrogen) atoms. The minimum absolute atomic E-state index is 0.0427. The third-order valence-electron chi connectivity index (χ3n) is 2.71. The number of carbonyl (C=O) groups excluding carboxylic acids is 1. The zero-order chi connectivity index (χ0) is 10.6. The van der Waals surface area contributed by atoms with E-state index < -0.39 is 0 Å². The lowest BCUT2D eigenvalue weighted by atomic mass is 10.1. The van der Waals surface area contributed by atoms with Crippen LogP contribution in [-0.4, -0.2) is 42.5 Å². The van der Waals surface area contributed by atoms with Gasteiger partial charge in [-0.3, -0.25) is 4.79 Å². The second kappa shape index (κ2) is 5.56. The first-order valence-corrected chi connectivity index (χ1v) is 5.59. The smallest absolute Gasteiger partial charge is 0.240 e. The molecule has 1 fully saturated rings. The van der Waals surface area contributed by atoms with Crippen molar-refractivity contribution in [3.8, 4) is 0 Å². The van der Waals surface area contributed by atoms with Gasteiger partial charge in [0.1, 0.15) is 5.38 Å². The van der Waals surface area contributed by atoms with Crippen molar-refractivity contribution in [1.29, 1.82) is 0 Å². The Kier molecular flexibility index (Phi) is 4.69. The minimum atomic E-state index is -0.372. The number of hydrogen-bond donors (Lipinski definition) is 0. The van der Waals surface area contributed by atoms with E-state index in [2.05, 4.69) is 0 Å². The van der Waals surface area contributed by atoms with Crippen molar-refractivity contribution >= 4 is 17.5 Å². The summed E-state index contributed by atoms with van der Waals surface area (Å²) in [4.78, 5) is 13.5. The molecule has 1 amide bonds. The highest BCUT2D eigenvalue weighted by atomic mass is 35.5. The second-order valence-electron chi connectivity index (χ2n) is 3.67. The van der Waals surface area contributed by atoms with Crippen molar-refractivity contribution in [2.75, 3.05) is 20.3 Å². The van der Waals surface area contributed by atoms with Crippen molar-refractivity contribution in [2.45, 2.75) is 37.6 Å². The van der Waals surface area contributed by atoms with Crippen LogP contribution >= 0.6 is 11.6 Å². The normalized spacial score (nSPS) is 20.5. The van der Waals surface area contributed by atoms with E-state index in [9.17, 15) is 4.79 Å². The zero-order valence-corrected chi connectivity index (χ0v) is 9.59. The molecule has 0 bridgehead atoms. The van der Waals surface area contributed by atoms with Crippen molar-refractivity contribution in [3.05, 3.63) is 0 Å². The Morgan fingerprint density at radius 3 is 2.64 bits per heavy atom. The molecule has 1 saturated heterocycles. The van der Waals surface area contributed by atoms with Crippen LogP contribution in [0.2, 0.25) is 0 Å². The lowest BCUT2D eigenvalue weighted by molar-refractivity contribution is -0.133. The first-order valence-electron chi connectivity index (χ1n) is 5.15. The minimum Gasteiger partial charge on any atom is -0.381 e. The summed E-state index contributed by atoms with van der Waals surface area (Å²) < 4.78 is 5.25. The van der Waals surface area contributed by atoms with Gasteiger partial charge in [0.25, 0.3) is 0 Å². The molecule has 0 N–H and O–H groups in total. The average Bonchev–Trinajstić information content (AvgIpc) is 2.27. The van der Waals surface area contributed by atoms with Gasteiger partial charge in [-0.1, -0.05) is 6.92 Å². The van der Waals surface area contributed by atoms with Crippen LogP contribution in [-0.2, 0) is 9.53 Å². The highest BCUT2D eigenvalue weighted by Crippen LogP contribution is 2.16. The van der Waals surface area contributed by atoms with Crippen LogP contribution in [0.5, 0.6) is 0 Å². The van der Waals surface area contributed by atoms with Gasteiger partial charge in [0.2, 0.25) is 5.91 Å². The highest BCUT2D eigenvalue weighted by molar-refractivity contribution is 6.30. The van der Waals surface area contributed by atoms with Gasteiger partial charge in [0.05, 0.1) is 0 Å².